The summed E-state index contributed by atoms with van der Waals surface area (Å²) in [7, 11) is 0. The minimum Gasteiger partial charge on any atom is -0.313 e. The standard InChI is InChI=1S/C16H19ClFN3O/c17-10-12-4-6-15-14(9-12)19-11-20(15)16(18)7-5-13-3-1-2-8-21(13)22/h4-7,9,11,13,16,22H,1-3,8,10H2/b7-5-/t13-,16-/m1/s1. The first-order valence-corrected chi connectivity index (χ1v) is 8.02. The predicted molar refractivity (Wildman–Crippen MR) is 84.7 cm³/mol. The van der Waals surface area contributed by atoms with E-state index in [0.717, 1.165) is 35.9 Å². The topological polar surface area (TPSA) is 41.3 Å². The zero-order chi connectivity index (χ0) is 15.5. The lowest BCUT2D eigenvalue weighted by molar-refractivity contribution is -0.127. The van der Waals surface area contributed by atoms with E-state index in [1.54, 1.807) is 6.08 Å². The summed E-state index contributed by atoms with van der Waals surface area (Å²) in [4.78, 5) is 4.23. The smallest absolute Gasteiger partial charge is 0.196 e. The summed E-state index contributed by atoms with van der Waals surface area (Å²) in [6.45, 7) is 0.640. The molecular weight excluding hydrogens is 305 g/mol. The highest BCUT2D eigenvalue weighted by atomic mass is 35.5. The van der Waals surface area contributed by atoms with Crippen LogP contribution in [0.2, 0.25) is 0 Å². The third-order valence-electron chi connectivity index (χ3n) is 4.07. The van der Waals surface area contributed by atoms with E-state index in [1.165, 1.54) is 22.0 Å². The Balaban J connectivity index is 1.78. The van der Waals surface area contributed by atoms with Gasteiger partial charge in [-0.15, -0.1) is 11.6 Å². The summed E-state index contributed by atoms with van der Waals surface area (Å²) in [6, 6.07) is 5.47. The molecule has 0 aliphatic carbocycles. The van der Waals surface area contributed by atoms with Crippen molar-refractivity contribution in [2.24, 2.45) is 0 Å². The average Bonchev–Trinajstić information content (AvgIpc) is 2.96. The molecule has 1 aromatic carbocycles. The van der Waals surface area contributed by atoms with Gasteiger partial charge in [0, 0.05) is 12.4 Å². The highest BCUT2D eigenvalue weighted by Crippen LogP contribution is 2.23. The van der Waals surface area contributed by atoms with Crippen LogP contribution in [0.5, 0.6) is 0 Å². The van der Waals surface area contributed by atoms with Crippen LogP contribution in [0, 0.1) is 0 Å². The largest absolute Gasteiger partial charge is 0.313 e. The highest BCUT2D eigenvalue weighted by Gasteiger charge is 2.18. The number of aromatic nitrogens is 2. The molecule has 0 spiro atoms. The summed E-state index contributed by atoms with van der Waals surface area (Å²) in [5.74, 6) is 0.412. The number of piperidine rings is 1. The van der Waals surface area contributed by atoms with Crippen molar-refractivity contribution in [3.63, 3.8) is 0 Å². The molecule has 1 fully saturated rings. The first kappa shape index (κ1) is 15.5. The third kappa shape index (κ3) is 3.16. The summed E-state index contributed by atoms with van der Waals surface area (Å²) in [6.07, 6.45) is 6.30. The molecule has 1 N–H and O–H groups in total. The molecule has 2 atom stereocenters. The van der Waals surface area contributed by atoms with Gasteiger partial charge in [-0.3, -0.25) is 4.57 Å². The minimum absolute atomic E-state index is 0.107. The lowest BCUT2D eigenvalue weighted by Crippen LogP contribution is -2.35. The second kappa shape index (κ2) is 6.77. The first-order valence-electron chi connectivity index (χ1n) is 7.48. The fourth-order valence-corrected chi connectivity index (χ4v) is 2.97. The van der Waals surface area contributed by atoms with Crippen LogP contribution in [0.1, 0.15) is 31.1 Å². The molecule has 2 aromatic rings. The monoisotopic (exact) mass is 323 g/mol. The van der Waals surface area contributed by atoms with E-state index in [0.29, 0.717) is 12.4 Å². The fourth-order valence-electron chi connectivity index (χ4n) is 2.81. The summed E-state index contributed by atoms with van der Waals surface area (Å²) >= 11 is 5.80. The van der Waals surface area contributed by atoms with Crippen molar-refractivity contribution in [2.75, 3.05) is 6.54 Å². The molecule has 4 nitrogen and oxygen atoms in total. The summed E-state index contributed by atoms with van der Waals surface area (Å²) in [5.41, 5.74) is 2.43. The highest BCUT2D eigenvalue weighted by molar-refractivity contribution is 6.17. The van der Waals surface area contributed by atoms with Gasteiger partial charge in [0.2, 0.25) is 0 Å². The zero-order valence-corrected chi connectivity index (χ0v) is 13.0. The fraction of sp³-hybridized carbons (Fsp3) is 0.438. The minimum atomic E-state index is -1.30. The Kier molecular flexibility index (Phi) is 4.76. The molecule has 3 rings (SSSR count). The van der Waals surface area contributed by atoms with E-state index < -0.39 is 6.30 Å². The Labute approximate surface area is 133 Å². The van der Waals surface area contributed by atoms with E-state index >= 15 is 0 Å². The maximum absolute atomic E-state index is 14.5. The Morgan fingerprint density at radius 1 is 1.45 bits per heavy atom. The number of fused-ring (bicyclic) bond motifs is 1. The summed E-state index contributed by atoms with van der Waals surface area (Å²) < 4.78 is 16.0. The molecule has 0 bridgehead atoms. The van der Waals surface area contributed by atoms with Crippen LogP contribution in [0.25, 0.3) is 11.0 Å². The lowest BCUT2D eigenvalue weighted by Gasteiger charge is -2.28. The molecule has 1 aromatic heterocycles. The Hall–Kier alpha value is -1.43. The van der Waals surface area contributed by atoms with Crippen molar-refractivity contribution in [3.8, 4) is 0 Å². The maximum atomic E-state index is 14.5. The third-order valence-corrected chi connectivity index (χ3v) is 4.38. The molecule has 0 unspecified atom stereocenters. The Bertz CT molecular complexity index is 672. The van der Waals surface area contributed by atoms with E-state index in [1.807, 2.05) is 18.2 Å². The van der Waals surface area contributed by atoms with Gasteiger partial charge in [-0.05, 0) is 36.6 Å². The van der Waals surface area contributed by atoms with Crippen molar-refractivity contribution < 1.29 is 9.60 Å². The molecular formula is C16H19ClFN3O. The molecule has 2 heterocycles. The first-order chi connectivity index (χ1) is 10.7. The number of hydrogen-bond donors (Lipinski definition) is 1. The second-order valence-corrected chi connectivity index (χ2v) is 5.86. The predicted octanol–water partition coefficient (Wildman–Crippen LogP) is 4.04. The second-order valence-electron chi connectivity index (χ2n) is 5.59. The SMILES string of the molecule is ON1CCCC[C@@H]1/C=C\[C@H](F)n1cnc2cc(CCl)ccc21. The van der Waals surface area contributed by atoms with Crippen molar-refractivity contribution >= 4 is 22.6 Å². The number of nitrogens with zero attached hydrogens (tertiary/aromatic N) is 3. The van der Waals surface area contributed by atoms with Gasteiger partial charge < -0.3 is 5.21 Å². The van der Waals surface area contributed by atoms with E-state index in [-0.39, 0.29) is 6.04 Å². The van der Waals surface area contributed by atoms with Gasteiger partial charge in [0.15, 0.2) is 6.30 Å². The molecule has 6 heteroatoms. The van der Waals surface area contributed by atoms with Crippen LogP contribution < -0.4 is 0 Å². The maximum Gasteiger partial charge on any atom is 0.196 e. The average molecular weight is 324 g/mol. The lowest BCUT2D eigenvalue weighted by atomic mass is 10.0. The Morgan fingerprint density at radius 2 is 2.32 bits per heavy atom. The van der Waals surface area contributed by atoms with Crippen molar-refractivity contribution in [1.29, 1.82) is 0 Å². The molecule has 0 amide bonds. The van der Waals surface area contributed by atoms with Crippen LogP contribution in [-0.4, -0.2) is 32.4 Å². The number of allylic oxidation sites excluding steroid dienone is 1. The van der Waals surface area contributed by atoms with E-state index in [2.05, 4.69) is 4.98 Å². The molecule has 1 aliphatic rings. The number of imidazole rings is 1. The van der Waals surface area contributed by atoms with E-state index in [4.69, 9.17) is 11.6 Å². The van der Waals surface area contributed by atoms with Crippen LogP contribution in [0.4, 0.5) is 4.39 Å². The summed E-state index contributed by atoms with van der Waals surface area (Å²) in [5, 5.41) is 11.1. The molecule has 0 radical (unpaired) electrons. The Morgan fingerprint density at radius 3 is 3.09 bits per heavy atom. The van der Waals surface area contributed by atoms with Gasteiger partial charge in [0.1, 0.15) is 0 Å². The van der Waals surface area contributed by atoms with Crippen molar-refractivity contribution in [1.82, 2.24) is 14.6 Å². The quantitative estimate of drug-likeness (QED) is 0.682. The number of benzene rings is 1. The van der Waals surface area contributed by atoms with Crippen molar-refractivity contribution in [2.45, 2.75) is 37.5 Å². The van der Waals surface area contributed by atoms with Gasteiger partial charge in [-0.2, -0.15) is 5.06 Å². The number of rotatable bonds is 4. The van der Waals surface area contributed by atoms with Gasteiger partial charge >= 0.3 is 0 Å². The van der Waals surface area contributed by atoms with Crippen LogP contribution in [-0.2, 0) is 5.88 Å². The van der Waals surface area contributed by atoms with Crippen LogP contribution in [0.15, 0.2) is 36.7 Å². The number of hydroxylamine groups is 2. The normalized spacial score (nSPS) is 21.7. The van der Waals surface area contributed by atoms with Gasteiger partial charge in [0.05, 0.1) is 23.4 Å². The zero-order valence-electron chi connectivity index (χ0n) is 12.2. The van der Waals surface area contributed by atoms with Gasteiger partial charge in [0.25, 0.3) is 0 Å². The van der Waals surface area contributed by atoms with Gasteiger partial charge in [-0.1, -0.05) is 18.6 Å². The number of halogens is 2. The molecule has 1 saturated heterocycles. The van der Waals surface area contributed by atoms with Crippen LogP contribution in [0.3, 0.4) is 0 Å². The van der Waals surface area contributed by atoms with E-state index in [9.17, 15) is 9.60 Å². The molecule has 0 saturated carbocycles. The van der Waals surface area contributed by atoms with Crippen molar-refractivity contribution in [3.05, 3.63) is 42.2 Å². The molecule has 1 aliphatic heterocycles. The number of alkyl halides is 2. The van der Waals surface area contributed by atoms with Crippen LogP contribution >= 0.6 is 11.6 Å². The molecule has 118 valence electrons. The number of hydrogen-bond acceptors (Lipinski definition) is 3. The van der Waals surface area contributed by atoms with Gasteiger partial charge in [-0.25, -0.2) is 9.37 Å². The molecule has 22 heavy (non-hydrogen) atoms.